The van der Waals surface area contributed by atoms with E-state index in [1.165, 1.54) is 22.7 Å². The normalized spacial score (nSPS) is 11.7. The van der Waals surface area contributed by atoms with Gasteiger partial charge in [-0.25, -0.2) is 4.79 Å². The Hall–Kier alpha value is -2.44. The average Bonchev–Trinajstić information content (AvgIpc) is 3.29. The highest BCUT2D eigenvalue weighted by Gasteiger charge is 2.13. The summed E-state index contributed by atoms with van der Waals surface area (Å²) in [6, 6.07) is 14.2. The molecule has 6 heteroatoms. The molecule has 2 heterocycles. The topological polar surface area (TPSA) is 55.4 Å². The van der Waals surface area contributed by atoms with E-state index in [2.05, 4.69) is 5.32 Å². The summed E-state index contributed by atoms with van der Waals surface area (Å²) in [6.07, 6.45) is 0. The van der Waals surface area contributed by atoms with Crippen LogP contribution >= 0.6 is 22.7 Å². The maximum atomic E-state index is 12.1. The second-order valence-corrected chi connectivity index (χ2v) is 7.00. The molecule has 0 fully saturated rings. The Morgan fingerprint density at radius 3 is 2.17 bits per heavy atom. The Balaban J connectivity index is 1.61. The molecule has 1 N–H and O–H groups in total. The van der Waals surface area contributed by atoms with E-state index in [0.717, 1.165) is 5.56 Å². The van der Waals surface area contributed by atoms with E-state index in [1.807, 2.05) is 41.9 Å². The highest BCUT2D eigenvalue weighted by Crippen LogP contribution is 2.20. The molecule has 0 radical (unpaired) electrons. The number of amides is 1. The van der Waals surface area contributed by atoms with Crippen LogP contribution in [0.25, 0.3) is 0 Å². The zero-order valence-electron chi connectivity index (χ0n) is 12.9. The van der Waals surface area contributed by atoms with Crippen molar-refractivity contribution in [3.05, 3.63) is 74.6 Å². The summed E-state index contributed by atoms with van der Waals surface area (Å²) in [4.78, 5) is 25.2. The molecule has 122 valence electrons. The van der Waals surface area contributed by atoms with Crippen LogP contribution in [0.15, 0.2) is 59.3 Å². The largest absolute Gasteiger partial charge is 0.422 e. The van der Waals surface area contributed by atoms with Crippen molar-refractivity contribution in [1.82, 2.24) is 5.32 Å². The van der Waals surface area contributed by atoms with Gasteiger partial charge < -0.3 is 10.1 Å². The van der Waals surface area contributed by atoms with Gasteiger partial charge in [0.2, 0.25) is 0 Å². The standard InChI is InChI=1S/C18H15NO3S2/c1-12(19-17(20)15-4-2-10-23-15)13-6-8-14(9-7-13)22-18(21)16-5-3-11-24-16/h2-12H,1H3,(H,19,20)/t12-/m1/s1. The second kappa shape index (κ2) is 7.42. The van der Waals surface area contributed by atoms with Gasteiger partial charge in [-0.2, -0.15) is 0 Å². The first kappa shape index (κ1) is 16.4. The minimum absolute atomic E-state index is 0.0919. The van der Waals surface area contributed by atoms with Gasteiger partial charge in [0.25, 0.3) is 5.91 Å². The number of rotatable bonds is 5. The van der Waals surface area contributed by atoms with Crippen molar-refractivity contribution in [1.29, 1.82) is 0 Å². The monoisotopic (exact) mass is 357 g/mol. The fraction of sp³-hybridized carbons (Fsp3) is 0.111. The van der Waals surface area contributed by atoms with E-state index >= 15 is 0 Å². The third-order valence-corrected chi connectivity index (χ3v) is 5.12. The lowest BCUT2D eigenvalue weighted by Gasteiger charge is -2.14. The SMILES string of the molecule is C[C@@H](NC(=O)c1cccs1)c1ccc(OC(=O)c2cccs2)cc1. The number of hydrogen-bond donors (Lipinski definition) is 1. The Morgan fingerprint density at radius 1 is 0.958 bits per heavy atom. The Kier molecular flexibility index (Phi) is 5.08. The average molecular weight is 357 g/mol. The molecule has 0 bridgehead atoms. The molecule has 0 saturated carbocycles. The summed E-state index contributed by atoms with van der Waals surface area (Å²) in [5, 5.41) is 6.65. The fourth-order valence-corrected chi connectivity index (χ4v) is 3.36. The first-order valence-corrected chi connectivity index (χ1v) is 9.09. The molecule has 0 aliphatic rings. The molecule has 1 atom stereocenters. The van der Waals surface area contributed by atoms with E-state index in [1.54, 1.807) is 24.3 Å². The molecule has 2 aromatic heterocycles. The van der Waals surface area contributed by atoms with Gasteiger partial charge in [-0.3, -0.25) is 4.79 Å². The first-order valence-electron chi connectivity index (χ1n) is 7.33. The van der Waals surface area contributed by atoms with Gasteiger partial charge in [0, 0.05) is 0 Å². The molecule has 1 amide bonds. The van der Waals surface area contributed by atoms with Crippen LogP contribution in [-0.2, 0) is 0 Å². The van der Waals surface area contributed by atoms with E-state index in [4.69, 9.17) is 4.74 Å². The van der Waals surface area contributed by atoms with Crippen LogP contribution in [0.2, 0.25) is 0 Å². The van der Waals surface area contributed by atoms with Crippen LogP contribution in [0, 0.1) is 0 Å². The maximum Gasteiger partial charge on any atom is 0.353 e. The van der Waals surface area contributed by atoms with Crippen LogP contribution < -0.4 is 10.1 Å². The number of hydrogen-bond acceptors (Lipinski definition) is 5. The van der Waals surface area contributed by atoms with E-state index < -0.39 is 0 Å². The predicted molar refractivity (Wildman–Crippen MR) is 95.9 cm³/mol. The number of ether oxygens (including phenoxy) is 1. The summed E-state index contributed by atoms with van der Waals surface area (Å²) in [5.41, 5.74) is 0.941. The highest BCUT2D eigenvalue weighted by atomic mass is 32.1. The van der Waals surface area contributed by atoms with E-state index in [-0.39, 0.29) is 17.9 Å². The van der Waals surface area contributed by atoms with Crippen LogP contribution in [-0.4, -0.2) is 11.9 Å². The summed E-state index contributed by atoms with van der Waals surface area (Å²) in [5.74, 6) is 0.0245. The van der Waals surface area contributed by atoms with Gasteiger partial charge in [0.05, 0.1) is 10.9 Å². The van der Waals surface area contributed by atoms with Gasteiger partial charge in [-0.15, -0.1) is 22.7 Å². The number of benzene rings is 1. The van der Waals surface area contributed by atoms with Crippen molar-refractivity contribution < 1.29 is 14.3 Å². The van der Waals surface area contributed by atoms with Crippen LogP contribution in [0.3, 0.4) is 0 Å². The van der Waals surface area contributed by atoms with Crippen LogP contribution in [0.5, 0.6) is 5.75 Å². The summed E-state index contributed by atoms with van der Waals surface area (Å²) in [6.45, 7) is 1.91. The van der Waals surface area contributed by atoms with Gasteiger partial charge >= 0.3 is 5.97 Å². The number of nitrogens with one attached hydrogen (secondary N) is 1. The molecule has 0 aliphatic heterocycles. The van der Waals surface area contributed by atoms with Gasteiger partial charge in [-0.05, 0) is 47.5 Å². The third kappa shape index (κ3) is 3.90. The molecular weight excluding hydrogens is 342 g/mol. The van der Waals surface area contributed by atoms with Crippen molar-refractivity contribution in [2.75, 3.05) is 0 Å². The zero-order valence-corrected chi connectivity index (χ0v) is 14.5. The van der Waals surface area contributed by atoms with E-state index in [0.29, 0.717) is 15.5 Å². The molecule has 4 nitrogen and oxygen atoms in total. The minimum atomic E-state index is -0.364. The maximum absolute atomic E-state index is 12.1. The second-order valence-electron chi connectivity index (χ2n) is 5.11. The minimum Gasteiger partial charge on any atom is -0.422 e. The lowest BCUT2D eigenvalue weighted by Crippen LogP contribution is -2.25. The van der Waals surface area contributed by atoms with Crippen molar-refractivity contribution in [2.45, 2.75) is 13.0 Å². The summed E-state index contributed by atoms with van der Waals surface area (Å²) in [7, 11) is 0. The fourth-order valence-electron chi connectivity index (χ4n) is 2.14. The van der Waals surface area contributed by atoms with Crippen LogP contribution in [0.4, 0.5) is 0 Å². The molecule has 24 heavy (non-hydrogen) atoms. The van der Waals surface area contributed by atoms with Crippen molar-refractivity contribution >= 4 is 34.6 Å². The first-order chi connectivity index (χ1) is 11.6. The van der Waals surface area contributed by atoms with Gasteiger partial charge in [0.15, 0.2) is 0 Å². The van der Waals surface area contributed by atoms with E-state index in [9.17, 15) is 9.59 Å². The number of esters is 1. The van der Waals surface area contributed by atoms with Gasteiger partial charge in [0.1, 0.15) is 10.6 Å². The molecule has 0 saturated heterocycles. The Bertz CT molecular complexity index is 809. The van der Waals surface area contributed by atoms with Crippen molar-refractivity contribution in [3.8, 4) is 5.75 Å². The molecule has 3 rings (SSSR count). The highest BCUT2D eigenvalue weighted by molar-refractivity contribution is 7.12. The summed E-state index contributed by atoms with van der Waals surface area (Å²) >= 11 is 2.75. The number of thiophene rings is 2. The lowest BCUT2D eigenvalue weighted by atomic mass is 10.1. The van der Waals surface area contributed by atoms with Crippen molar-refractivity contribution in [3.63, 3.8) is 0 Å². The quantitative estimate of drug-likeness (QED) is 0.539. The predicted octanol–water partition coefficient (Wildman–Crippen LogP) is 4.52. The smallest absolute Gasteiger partial charge is 0.353 e. The molecule has 3 aromatic rings. The number of carbonyl (C=O) groups excluding carboxylic acids is 2. The van der Waals surface area contributed by atoms with Crippen molar-refractivity contribution in [2.24, 2.45) is 0 Å². The summed E-state index contributed by atoms with van der Waals surface area (Å²) < 4.78 is 5.32. The Morgan fingerprint density at radius 2 is 1.58 bits per heavy atom. The van der Waals surface area contributed by atoms with Crippen LogP contribution in [0.1, 0.15) is 37.9 Å². The lowest BCUT2D eigenvalue weighted by molar-refractivity contribution is 0.0739. The Labute approximate surface area is 147 Å². The molecule has 0 unspecified atom stereocenters. The molecule has 0 spiro atoms. The zero-order chi connectivity index (χ0) is 16.9. The molecular formula is C18H15NO3S2. The third-order valence-electron chi connectivity index (χ3n) is 3.41. The molecule has 1 aromatic carbocycles. The van der Waals surface area contributed by atoms with Gasteiger partial charge in [-0.1, -0.05) is 24.3 Å². The number of carbonyl (C=O) groups is 2. The molecule has 0 aliphatic carbocycles.